The number of cyclic esters (lactones) is 1. The van der Waals surface area contributed by atoms with Crippen LogP contribution in [0.1, 0.15) is 71.5 Å². The molecule has 226 valence electrons. The van der Waals surface area contributed by atoms with E-state index in [1.165, 1.54) is 0 Å². The van der Waals surface area contributed by atoms with E-state index in [0.717, 1.165) is 0 Å². The molecule has 6 rings (SSSR count). The number of nitrogens with zero attached hydrogens (tertiary/aromatic N) is 1. The number of aliphatic hydroxyl groups excluding tert-OH is 1. The molecule has 3 fully saturated rings. The van der Waals surface area contributed by atoms with Gasteiger partial charge in [-0.1, -0.05) is 27.2 Å². The largest absolute Gasteiger partial charge is 0.508 e. The van der Waals surface area contributed by atoms with Crippen LogP contribution in [0.4, 0.5) is 4.79 Å². The fraction of sp³-hybridized carbons (Fsp3) is 0.613. The number of hydrogen-bond acceptors (Lipinski definition) is 11. The third-order valence-electron chi connectivity index (χ3n) is 10.4. The quantitative estimate of drug-likeness (QED) is 0.492. The topological polar surface area (TPSA) is 160 Å². The monoisotopic (exact) mass is 582 g/mol. The second kappa shape index (κ2) is 10.1. The standard InChI is InChI=1S/C31H38N2O9/c1-5-7-17(32)26(35)40-22-13-20-29(2,10-9-21-30(20,3)15-38-28(37)41-21)25-24(34)23-19(42-31(22,25)4)12-18(39-27(23)36)16-8-6-11-33-14-16/h6,8,11-12,14,17,20-22,24-25,34H,5,7,9-10,13,15,32H2,1-4H3/t17?,20?,21-,22-,24-,25?,29-,30-,31+/m0/s1. The van der Waals surface area contributed by atoms with Crippen molar-refractivity contribution < 1.29 is 38.1 Å². The molecule has 11 nitrogen and oxygen atoms in total. The summed E-state index contributed by atoms with van der Waals surface area (Å²) in [6, 6.07) is 4.25. The molecule has 4 aliphatic rings. The van der Waals surface area contributed by atoms with Crippen molar-refractivity contribution in [1.82, 2.24) is 4.98 Å². The molecule has 3 N–H and O–H groups in total. The highest BCUT2D eigenvalue weighted by atomic mass is 16.7. The molecular weight excluding hydrogens is 544 g/mol. The van der Waals surface area contributed by atoms with E-state index in [1.807, 2.05) is 20.8 Å². The molecule has 0 amide bonds. The molecule has 11 heteroatoms. The second-order valence-corrected chi connectivity index (χ2v) is 12.9. The molecular formula is C31H38N2O9. The summed E-state index contributed by atoms with van der Waals surface area (Å²) in [5.74, 6) is -1.04. The van der Waals surface area contributed by atoms with Gasteiger partial charge in [-0.3, -0.25) is 9.78 Å². The number of carbonyl (C=O) groups is 2. The van der Waals surface area contributed by atoms with Gasteiger partial charge in [-0.25, -0.2) is 9.59 Å². The third kappa shape index (κ3) is 4.23. The molecule has 2 saturated carbocycles. The zero-order valence-corrected chi connectivity index (χ0v) is 24.3. The van der Waals surface area contributed by atoms with Gasteiger partial charge in [0.25, 0.3) is 0 Å². The number of hydrogen-bond donors (Lipinski definition) is 2. The molecule has 2 aliphatic heterocycles. The zero-order valence-electron chi connectivity index (χ0n) is 24.3. The first-order chi connectivity index (χ1) is 19.9. The van der Waals surface area contributed by atoms with Crippen molar-refractivity contribution >= 4 is 12.1 Å². The molecule has 2 aromatic rings. The van der Waals surface area contributed by atoms with E-state index < -0.39 is 64.5 Å². The predicted octanol–water partition coefficient (Wildman–Crippen LogP) is 3.90. The van der Waals surface area contributed by atoms with Gasteiger partial charge in [0, 0.05) is 35.4 Å². The van der Waals surface area contributed by atoms with Crippen LogP contribution in [0.3, 0.4) is 0 Å². The SMILES string of the molecule is CCCC(N)C(=O)O[C@H]1CC2[C@](C)(CC[C@@H]3OC(=O)OC[C@@]23C)C2[C@@H](O)c3c(cc(-c4cccnc4)oc3=O)O[C@@]21C. The highest BCUT2D eigenvalue weighted by Gasteiger charge is 2.71. The maximum atomic E-state index is 13.5. The van der Waals surface area contributed by atoms with Gasteiger partial charge in [-0.2, -0.15) is 0 Å². The van der Waals surface area contributed by atoms with Gasteiger partial charge >= 0.3 is 17.8 Å². The number of aliphatic hydroxyl groups is 1. The molecule has 2 aromatic heterocycles. The van der Waals surface area contributed by atoms with Gasteiger partial charge in [0.1, 0.15) is 47.5 Å². The average molecular weight is 583 g/mol. The number of aromatic nitrogens is 1. The Morgan fingerprint density at radius 2 is 2.05 bits per heavy atom. The van der Waals surface area contributed by atoms with Crippen molar-refractivity contribution in [2.75, 3.05) is 6.61 Å². The van der Waals surface area contributed by atoms with E-state index in [9.17, 15) is 19.5 Å². The second-order valence-electron chi connectivity index (χ2n) is 12.9. The zero-order chi connectivity index (χ0) is 30.0. The van der Waals surface area contributed by atoms with Crippen molar-refractivity contribution in [3.8, 4) is 17.1 Å². The lowest BCUT2D eigenvalue weighted by Crippen LogP contribution is -2.72. The lowest BCUT2D eigenvalue weighted by atomic mass is 9.42. The third-order valence-corrected chi connectivity index (χ3v) is 10.4. The van der Waals surface area contributed by atoms with Gasteiger partial charge in [0.2, 0.25) is 0 Å². The Labute approximate surface area is 243 Å². The minimum atomic E-state index is -1.29. The Hall–Kier alpha value is -3.44. The fourth-order valence-electron chi connectivity index (χ4n) is 8.40. The number of rotatable bonds is 5. The fourth-order valence-corrected chi connectivity index (χ4v) is 8.40. The maximum Gasteiger partial charge on any atom is 0.508 e. The molecule has 0 radical (unpaired) electrons. The van der Waals surface area contributed by atoms with Crippen LogP contribution in [0, 0.1) is 22.7 Å². The normalized spacial score (nSPS) is 37.4. The Balaban J connectivity index is 1.48. The van der Waals surface area contributed by atoms with Crippen LogP contribution in [0.5, 0.6) is 5.75 Å². The van der Waals surface area contributed by atoms with E-state index in [0.29, 0.717) is 37.7 Å². The lowest BCUT2D eigenvalue weighted by molar-refractivity contribution is -0.277. The smallest absolute Gasteiger partial charge is 0.482 e. The molecule has 0 spiro atoms. The molecule has 0 bridgehead atoms. The molecule has 0 aromatic carbocycles. The van der Waals surface area contributed by atoms with Crippen molar-refractivity contribution in [2.45, 2.75) is 89.8 Å². The molecule has 4 heterocycles. The summed E-state index contributed by atoms with van der Waals surface area (Å²) in [5, 5.41) is 12.1. The minimum absolute atomic E-state index is 0.0262. The minimum Gasteiger partial charge on any atom is -0.482 e. The van der Waals surface area contributed by atoms with Gasteiger partial charge in [0.05, 0.1) is 6.10 Å². The maximum absolute atomic E-state index is 13.5. The van der Waals surface area contributed by atoms with Gasteiger partial charge in [-0.15, -0.1) is 0 Å². The van der Waals surface area contributed by atoms with Crippen molar-refractivity contribution in [2.24, 2.45) is 28.4 Å². The summed E-state index contributed by atoms with van der Waals surface area (Å²) in [6.45, 7) is 7.98. The van der Waals surface area contributed by atoms with E-state index in [1.54, 1.807) is 30.6 Å². The molecule has 42 heavy (non-hydrogen) atoms. The first kappa shape index (κ1) is 28.7. The van der Waals surface area contributed by atoms with Crippen LogP contribution < -0.4 is 16.1 Å². The first-order valence-corrected chi connectivity index (χ1v) is 14.7. The number of esters is 1. The van der Waals surface area contributed by atoms with Gasteiger partial charge in [0.15, 0.2) is 0 Å². The summed E-state index contributed by atoms with van der Waals surface area (Å²) < 4.78 is 29.6. The van der Waals surface area contributed by atoms with E-state index in [-0.39, 0.29) is 29.6 Å². The van der Waals surface area contributed by atoms with Crippen LogP contribution in [0.2, 0.25) is 0 Å². The van der Waals surface area contributed by atoms with Crippen LogP contribution in [0.25, 0.3) is 11.3 Å². The highest BCUT2D eigenvalue weighted by molar-refractivity contribution is 5.75. The Morgan fingerprint density at radius 3 is 2.76 bits per heavy atom. The average Bonchev–Trinajstić information content (AvgIpc) is 2.94. The summed E-state index contributed by atoms with van der Waals surface area (Å²) in [5.41, 5.74) is 3.58. The van der Waals surface area contributed by atoms with E-state index in [4.69, 9.17) is 29.1 Å². The highest BCUT2D eigenvalue weighted by Crippen LogP contribution is 2.68. The number of nitrogens with two attached hydrogens (primary N) is 1. The lowest BCUT2D eigenvalue weighted by Gasteiger charge is -2.67. The Bertz CT molecular complexity index is 1450. The predicted molar refractivity (Wildman–Crippen MR) is 148 cm³/mol. The first-order valence-electron chi connectivity index (χ1n) is 14.7. The van der Waals surface area contributed by atoms with E-state index >= 15 is 0 Å². The number of pyridine rings is 1. The summed E-state index contributed by atoms with van der Waals surface area (Å²) in [6.07, 6.45) is 2.61. The number of ether oxygens (including phenoxy) is 4. The van der Waals surface area contributed by atoms with Crippen molar-refractivity contribution in [1.29, 1.82) is 0 Å². The number of fused-ring (bicyclic) bond motifs is 6. The van der Waals surface area contributed by atoms with Gasteiger partial charge < -0.3 is 34.2 Å². The van der Waals surface area contributed by atoms with Crippen LogP contribution in [-0.4, -0.2) is 52.7 Å². The van der Waals surface area contributed by atoms with Crippen LogP contribution in [0.15, 0.2) is 39.8 Å². The summed E-state index contributed by atoms with van der Waals surface area (Å²) in [7, 11) is 0. The van der Waals surface area contributed by atoms with Gasteiger partial charge in [-0.05, 0) is 56.1 Å². The van der Waals surface area contributed by atoms with Crippen LogP contribution in [-0.2, 0) is 19.0 Å². The van der Waals surface area contributed by atoms with Crippen LogP contribution >= 0.6 is 0 Å². The molecule has 9 atom stereocenters. The van der Waals surface area contributed by atoms with Crippen molar-refractivity contribution in [3.05, 3.63) is 46.6 Å². The Morgan fingerprint density at radius 1 is 1.26 bits per heavy atom. The molecule has 2 aliphatic carbocycles. The summed E-state index contributed by atoms with van der Waals surface area (Å²) in [4.78, 5) is 42.9. The molecule has 1 saturated heterocycles. The number of carbonyl (C=O) groups excluding carboxylic acids is 2. The molecule has 3 unspecified atom stereocenters. The van der Waals surface area contributed by atoms with E-state index in [2.05, 4.69) is 11.9 Å². The summed E-state index contributed by atoms with van der Waals surface area (Å²) >= 11 is 0. The Kier molecular flexibility index (Phi) is 6.88. The van der Waals surface area contributed by atoms with Crippen molar-refractivity contribution in [3.63, 3.8) is 0 Å².